The highest BCUT2D eigenvalue weighted by Gasteiger charge is 2.27. The number of nitrogens with one attached hydrogen (secondary N) is 1. The van der Waals surface area contributed by atoms with E-state index in [4.69, 9.17) is 5.73 Å². The zero-order valence-electron chi connectivity index (χ0n) is 12.0. The molecule has 3 N–H and O–H groups in total. The zero-order valence-corrected chi connectivity index (χ0v) is 12.9. The molecule has 0 aromatic heterocycles. The van der Waals surface area contributed by atoms with Crippen molar-refractivity contribution in [1.82, 2.24) is 0 Å². The maximum Gasteiger partial charge on any atom is 0.238 e. The lowest BCUT2D eigenvalue weighted by molar-refractivity contribution is -0.114. The molecule has 0 saturated heterocycles. The predicted octanol–water partition coefficient (Wildman–Crippen LogP) is 1.83. The molecule has 1 aliphatic rings. The summed E-state index contributed by atoms with van der Waals surface area (Å²) in [6.07, 6.45) is 4.66. The van der Waals surface area contributed by atoms with E-state index in [-0.39, 0.29) is 23.5 Å². The lowest BCUT2D eigenvalue weighted by Gasteiger charge is -2.21. The molecule has 21 heavy (non-hydrogen) atoms. The van der Waals surface area contributed by atoms with E-state index < -0.39 is 9.84 Å². The molecule has 5 nitrogen and oxygen atoms in total. The molecule has 2 rings (SSSR count). The number of rotatable bonds is 5. The Bertz CT molecular complexity index is 593. The van der Waals surface area contributed by atoms with Gasteiger partial charge in [-0.25, -0.2) is 8.42 Å². The molecular formula is C15H22N2O3S. The van der Waals surface area contributed by atoms with Crippen LogP contribution in [0.25, 0.3) is 0 Å². The Morgan fingerprint density at radius 3 is 2.62 bits per heavy atom. The van der Waals surface area contributed by atoms with Crippen molar-refractivity contribution in [2.24, 2.45) is 5.73 Å². The maximum atomic E-state index is 12.4. The molecule has 1 aromatic rings. The number of carbonyl (C=O) groups is 1. The van der Waals surface area contributed by atoms with Crippen molar-refractivity contribution < 1.29 is 13.2 Å². The molecule has 1 fully saturated rings. The van der Waals surface area contributed by atoms with Gasteiger partial charge in [-0.05, 0) is 30.5 Å². The second kappa shape index (κ2) is 7.04. The van der Waals surface area contributed by atoms with Gasteiger partial charge in [0.05, 0.1) is 17.5 Å². The summed E-state index contributed by atoms with van der Waals surface area (Å²) in [5.41, 5.74) is 6.54. The Hall–Kier alpha value is -1.40. The van der Waals surface area contributed by atoms with Crippen LogP contribution >= 0.6 is 0 Å². The molecule has 6 heteroatoms. The van der Waals surface area contributed by atoms with Gasteiger partial charge in [0.25, 0.3) is 0 Å². The van der Waals surface area contributed by atoms with E-state index in [0.717, 1.165) is 32.1 Å². The molecule has 1 amide bonds. The number of benzene rings is 1. The van der Waals surface area contributed by atoms with Crippen LogP contribution in [0.4, 0.5) is 5.69 Å². The highest BCUT2D eigenvalue weighted by Crippen LogP contribution is 2.26. The molecular weight excluding hydrogens is 288 g/mol. The van der Waals surface area contributed by atoms with Gasteiger partial charge < -0.3 is 11.1 Å². The van der Waals surface area contributed by atoms with Crippen molar-refractivity contribution in [3.05, 3.63) is 29.8 Å². The molecule has 1 aliphatic carbocycles. The highest BCUT2D eigenvalue weighted by atomic mass is 32.2. The first-order valence-electron chi connectivity index (χ1n) is 7.32. The van der Waals surface area contributed by atoms with Crippen LogP contribution in [0.15, 0.2) is 24.3 Å². The topological polar surface area (TPSA) is 89.3 Å². The fourth-order valence-electron chi connectivity index (χ4n) is 2.73. The average Bonchev–Trinajstić information content (AvgIpc) is 2.48. The molecule has 0 spiro atoms. The number of hydrogen-bond acceptors (Lipinski definition) is 4. The summed E-state index contributed by atoms with van der Waals surface area (Å²) >= 11 is 0. The lowest BCUT2D eigenvalue weighted by Crippen LogP contribution is -2.25. The van der Waals surface area contributed by atoms with E-state index in [1.165, 1.54) is 0 Å². The second-order valence-corrected chi connectivity index (χ2v) is 7.80. The van der Waals surface area contributed by atoms with Gasteiger partial charge >= 0.3 is 0 Å². The summed E-state index contributed by atoms with van der Waals surface area (Å²) in [6.45, 7) is -0.0927. The SMILES string of the molecule is NCC(=O)Nc1cccc(CS(=O)(=O)C2CCCCC2)c1. The van der Waals surface area contributed by atoms with Crippen LogP contribution in [0.3, 0.4) is 0 Å². The minimum Gasteiger partial charge on any atom is -0.325 e. The normalized spacial score (nSPS) is 16.6. The van der Waals surface area contributed by atoms with Gasteiger partial charge in [-0.1, -0.05) is 31.4 Å². The number of sulfone groups is 1. The molecule has 116 valence electrons. The summed E-state index contributed by atoms with van der Waals surface area (Å²) in [7, 11) is -3.12. The van der Waals surface area contributed by atoms with Crippen LogP contribution in [0.5, 0.6) is 0 Å². The van der Waals surface area contributed by atoms with Crippen LogP contribution in [-0.4, -0.2) is 26.1 Å². The summed E-state index contributed by atoms with van der Waals surface area (Å²) in [5.74, 6) is -0.258. The predicted molar refractivity (Wildman–Crippen MR) is 83.6 cm³/mol. The fraction of sp³-hybridized carbons (Fsp3) is 0.533. The maximum absolute atomic E-state index is 12.4. The van der Waals surface area contributed by atoms with E-state index in [1.807, 2.05) is 0 Å². The van der Waals surface area contributed by atoms with Crippen molar-refractivity contribution >= 4 is 21.4 Å². The monoisotopic (exact) mass is 310 g/mol. The smallest absolute Gasteiger partial charge is 0.238 e. The summed E-state index contributed by atoms with van der Waals surface area (Å²) in [5, 5.41) is 2.42. The van der Waals surface area contributed by atoms with Crippen molar-refractivity contribution in [3.63, 3.8) is 0 Å². The first-order valence-corrected chi connectivity index (χ1v) is 9.03. The van der Waals surface area contributed by atoms with Crippen LogP contribution in [0.2, 0.25) is 0 Å². The Morgan fingerprint density at radius 2 is 1.95 bits per heavy atom. The second-order valence-electron chi connectivity index (χ2n) is 5.52. The number of carbonyl (C=O) groups excluding carboxylic acids is 1. The third kappa shape index (κ3) is 4.54. The van der Waals surface area contributed by atoms with Crippen molar-refractivity contribution in [1.29, 1.82) is 0 Å². The summed E-state index contributed by atoms with van der Waals surface area (Å²) in [4.78, 5) is 11.3. The molecule has 1 aromatic carbocycles. The van der Waals surface area contributed by atoms with Crippen LogP contribution in [0.1, 0.15) is 37.7 Å². The minimum atomic E-state index is -3.12. The molecule has 0 radical (unpaired) electrons. The highest BCUT2D eigenvalue weighted by molar-refractivity contribution is 7.91. The van der Waals surface area contributed by atoms with E-state index >= 15 is 0 Å². The van der Waals surface area contributed by atoms with Crippen LogP contribution in [-0.2, 0) is 20.4 Å². The number of anilines is 1. The number of amides is 1. The van der Waals surface area contributed by atoms with Gasteiger partial charge in [-0.2, -0.15) is 0 Å². The van der Waals surface area contributed by atoms with Gasteiger partial charge in [0.1, 0.15) is 0 Å². The van der Waals surface area contributed by atoms with Gasteiger partial charge in [0, 0.05) is 5.69 Å². The van der Waals surface area contributed by atoms with Crippen LogP contribution in [0, 0.1) is 0 Å². The Morgan fingerprint density at radius 1 is 1.24 bits per heavy atom. The first kappa shape index (κ1) is 16.0. The first-order chi connectivity index (χ1) is 10.0. The molecule has 0 atom stereocenters. The van der Waals surface area contributed by atoms with Gasteiger partial charge in [0.15, 0.2) is 9.84 Å². The molecule has 1 saturated carbocycles. The van der Waals surface area contributed by atoms with Gasteiger partial charge in [-0.15, -0.1) is 0 Å². The molecule has 0 bridgehead atoms. The molecule has 0 aliphatic heterocycles. The lowest BCUT2D eigenvalue weighted by atomic mass is 10.0. The van der Waals surface area contributed by atoms with Gasteiger partial charge in [-0.3, -0.25) is 4.79 Å². The van der Waals surface area contributed by atoms with E-state index in [9.17, 15) is 13.2 Å². The Balaban J connectivity index is 2.08. The van der Waals surface area contributed by atoms with Crippen molar-refractivity contribution in [3.8, 4) is 0 Å². The fourth-order valence-corrected chi connectivity index (χ4v) is 4.66. The number of hydrogen-bond donors (Lipinski definition) is 2. The van der Waals surface area contributed by atoms with Crippen molar-refractivity contribution in [2.75, 3.05) is 11.9 Å². The minimum absolute atomic E-state index is 0.0317. The quantitative estimate of drug-likeness (QED) is 0.868. The molecule has 0 heterocycles. The number of nitrogens with two attached hydrogens (primary N) is 1. The average molecular weight is 310 g/mol. The Labute approximate surface area is 125 Å². The van der Waals surface area contributed by atoms with E-state index in [1.54, 1.807) is 24.3 Å². The molecule has 0 unspecified atom stereocenters. The third-order valence-corrected chi connectivity index (χ3v) is 6.05. The van der Waals surface area contributed by atoms with Crippen LogP contribution < -0.4 is 11.1 Å². The van der Waals surface area contributed by atoms with Crippen molar-refractivity contribution in [2.45, 2.75) is 43.1 Å². The van der Waals surface area contributed by atoms with E-state index in [2.05, 4.69) is 5.32 Å². The van der Waals surface area contributed by atoms with Gasteiger partial charge in [0.2, 0.25) is 5.91 Å². The summed E-state index contributed by atoms with van der Waals surface area (Å²) in [6, 6.07) is 6.95. The standard InChI is InChI=1S/C15H22N2O3S/c16-10-15(18)17-13-6-4-5-12(9-13)11-21(19,20)14-7-2-1-3-8-14/h4-6,9,14H,1-3,7-8,10-11,16H2,(H,17,18). The zero-order chi connectivity index (χ0) is 15.3. The summed E-state index contributed by atoms with van der Waals surface area (Å²) < 4.78 is 24.9. The van der Waals surface area contributed by atoms with E-state index in [0.29, 0.717) is 11.3 Å². The Kier molecular flexibility index (Phi) is 5.36. The largest absolute Gasteiger partial charge is 0.325 e. The third-order valence-electron chi connectivity index (χ3n) is 3.82.